The first-order valence-corrected chi connectivity index (χ1v) is 9.27. The van der Waals surface area contributed by atoms with Crippen LogP contribution in [0.2, 0.25) is 0 Å². The smallest absolute Gasteiger partial charge is 0.191 e. The van der Waals surface area contributed by atoms with Gasteiger partial charge in [0.2, 0.25) is 0 Å². The van der Waals surface area contributed by atoms with Gasteiger partial charge in [-0.3, -0.25) is 0 Å². The molecule has 2 unspecified atom stereocenters. The van der Waals surface area contributed by atoms with Crippen LogP contribution in [0.3, 0.4) is 0 Å². The number of ether oxygens (including phenoxy) is 1. The molecule has 0 aliphatic heterocycles. The van der Waals surface area contributed by atoms with Gasteiger partial charge in [0, 0.05) is 25.8 Å². The van der Waals surface area contributed by atoms with Crippen molar-refractivity contribution in [2.45, 2.75) is 39.4 Å². The molecule has 2 rings (SSSR count). The molecule has 1 aromatic carbocycles. The van der Waals surface area contributed by atoms with Gasteiger partial charge in [0.15, 0.2) is 5.96 Å². The highest BCUT2D eigenvalue weighted by molar-refractivity contribution is 5.79. The number of rotatable bonds is 8. The van der Waals surface area contributed by atoms with Crippen molar-refractivity contribution >= 4 is 5.96 Å². The van der Waals surface area contributed by atoms with E-state index in [0.717, 1.165) is 23.4 Å². The number of furan rings is 1. The average Bonchev–Trinajstić information content (AvgIpc) is 3.00. The van der Waals surface area contributed by atoms with Gasteiger partial charge in [0.05, 0.1) is 12.6 Å². The minimum absolute atomic E-state index is 0.0886. The van der Waals surface area contributed by atoms with E-state index in [1.165, 1.54) is 0 Å². The number of methoxy groups -OCH3 is 1. The minimum Gasteiger partial charge on any atom is -0.466 e. The summed E-state index contributed by atoms with van der Waals surface area (Å²) in [6, 6.07) is 11.9. The van der Waals surface area contributed by atoms with E-state index in [0.29, 0.717) is 18.3 Å². The summed E-state index contributed by atoms with van der Waals surface area (Å²) in [7, 11) is 1.69. The molecular formula is C21H31N3O3. The van der Waals surface area contributed by atoms with E-state index >= 15 is 0 Å². The number of benzene rings is 1. The van der Waals surface area contributed by atoms with E-state index in [1.54, 1.807) is 14.0 Å². The fourth-order valence-corrected chi connectivity index (χ4v) is 3.02. The van der Waals surface area contributed by atoms with E-state index in [9.17, 15) is 5.11 Å². The Morgan fingerprint density at radius 2 is 1.96 bits per heavy atom. The molecule has 27 heavy (non-hydrogen) atoms. The molecule has 0 saturated heterocycles. The fraction of sp³-hybridized carbons (Fsp3) is 0.476. The SMILES string of the molecule is CCNC(=NCC(C)(O)c1cc(C)oc1C)NCC(OC)c1ccccc1. The third-order valence-corrected chi connectivity index (χ3v) is 4.42. The Morgan fingerprint density at radius 1 is 1.26 bits per heavy atom. The highest BCUT2D eigenvalue weighted by Gasteiger charge is 2.27. The zero-order valence-electron chi connectivity index (χ0n) is 16.9. The van der Waals surface area contributed by atoms with Crippen LogP contribution in [0, 0.1) is 13.8 Å². The summed E-state index contributed by atoms with van der Waals surface area (Å²) in [5.74, 6) is 2.13. The predicted octanol–water partition coefficient (Wildman–Crippen LogP) is 3.05. The van der Waals surface area contributed by atoms with Crippen LogP contribution >= 0.6 is 0 Å². The Kier molecular flexibility index (Phi) is 7.45. The summed E-state index contributed by atoms with van der Waals surface area (Å²) in [5, 5.41) is 17.4. The summed E-state index contributed by atoms with van der Waals surface area (Å²) < 4.78 is 11.1. The van der Waals surface area contributed by atoms with Crippen molar-refractivity contribution in [1.82, 2.24) is 10.6 Å². The number of hydrogen-bond acceptors (Lipinski definition) is 4. The predicted molar refractivity (Wildman–Crippen MR) is 108 cm³/mol. The van der Waals surface area contributed by atoms with Crippen LogP contribution in [0.4, 0.5) is 0 Å². The molecule has 0 spiro atoms. The van der Waals surface area contributed by atoms with Crippen molar-refractivity contribution in [3.05, 3.63) is 59.0 Å². The van der Waals surface area contributed by atoms with E-state index in [1.807, 2.05) is 57.2 Å². The lowest BCUT2D eigenvalue weighted by Gasteiger charge is -2.22. The Hall–Kier alpha value is -2.31. The van der Waals surface area contributed by atoms with Crippen LogP contribution in [0.1, 0.15) is 42.6 Å². The molecule has 0 bridgehead atoms. The van der Waals surface area contributed by atoms with Gasteiger partial charge in [0.1, 0.15) is 17.1 Å². The maximum absolute atomic E-state index is 10.9. The Bertz CT molecular complexity index is 738. The maximum Gasteiger partial charge on any atom is 0.191 e. The third-order valence-electron chi connectivity index (χ3n) is 4.42. The van der Waals surface area contributed by atoms with Gasteiger partial charge in [-0.25, -0.2) is 4.99 Å². The van der Waals surface area contributed by atoms with Gasteiger partial charge < -0.3 is 24.9 Å². The van der Waals surface area contributed by atoms with Gasteiger partial charge >= 0.3 is 0 Å². The zero-order chi connectivity index (χ0) is 19.9. The molecule has 6 nitrogen and oxygen atoms in total. The van der Waals surface area contributed by atoms with Gasteiger partial charge in [0.25, 0.3) is 0 Å². The molecule has 0 radical (unpaired) electrons. The van der Waals surface area contributed by atoms with Gasteiger partial charge in [-0.15, -0.1) is 0 Å². The van der Waals surface area contributed by atoms with Crippen molar-refractivity contribution in [3.8, 4) is 0 Å². The first-order valence-electron chi connectivity index (χ1n) is 9.27. The monoisotopic (exact) mass is 373 g/mol. The van der Waals surface area contributed by atoms with E-state index in [2.05, 4.69) is 15.6 Å². The van der Waals surface area contributed by atoms with Crippen LogP contribution in [0.25, 0.3) is 0 Å². The zero-order valence-corrected chi connectivity index (χ0v) is 16.9. The molecule has 0 fully saturated rings. The number of guanidine groups is 1. The lowest BCUT2D eigenvalue weighted by molar-refractivity contribution is 0.0656. The van der Waals surface area contributed by atoms with Crippen LogP contribution in [-0.4, -0.2) is 37.8 Å². The van der Waals surface area contributed by atoms with Crippen molar-refractivity contribution < 1.29 is 14.3 Å². The van der Waals surface area contributed by atoms with E-state index in [-0.39, 0.29) is 12.6 Å². The second-order valence-corrected chi connectivity index (χ2v) is 6.81. The highest BCUT2D eigenvalue weighted by atomic mass is 16.5. The molecule has 0 aliphatic rings. The maximum atomic E-state index is 10.9. The molecule has 2 aromatic rings. The van der Waals surface area contributed by atoms with E-state index in [4.69, 9.17) is 9.15 Å². The average molecular weight is 373 g/mol. The Morgan fingerprint density at radius 3 is 2.52 bits per heavy atom. The number of aliphatic imine (C=N–C) groups is 1. The summed E-state index contributed by atoms with van der Waals surface area (Å²) in [6.45, 7) is 8.98. The minimum atomic E-state index is -1.11. The topological polar surface area (TPSA) is 79.0 Å². The largest absolute Gasteiger partial charge is 0.466 e. The molecule has 0 amide bonds. The summed E-state index contributed by atoms with van der Waals surface area (Å²) in [4.78, 5) is 4.56. The van der Waals surface area contributed by atoms with Crippen molar-refractivity contribution in [1.29, 1.82) is 0 Å². The second kappa shape index (κ2) is 9.58. The second-order valence-electron chi connectivity index (χ2n) is 6.81. The summed E-state index contributed by atoms with van der Waals surface area (Å²) >= 11 is 0. The number of nitrogens with one attached hydrogen (secondary N) is 2. The van der Waals surface area contributed by atoms with Crippen LogP contribution < -0.4 is 10.6 Å². The molecule has 6 heteroatoms. The lowest BCUT2D eigenvalue weighted by atomic mass is 9.96. The highest BCUT2D eigenvalue weighted by Crippen LogP contribution is 2.27. The standard InChI is InChI=1S/C21H31N3O3/c1-6-22-20(23-13-19(26-5)17-10-8-7-9-11-17)24-14-21(4,25)18-12-15(2)27-16(18)3/h7-12,19,25H,6,13-14H2,1-5H3,(H2,22,23,24). The first kappa shape index (κ1) is 21.0. The number of nitrogens with zero attached hydrogens (tertiary/aromatic N) is 1. The molecular weight excluding hydrogens is 342 g/mol. The van der Waals surface area contributed by atoms with Crippen LogP contribution in [0.15, 0.2) is 45.8 Å². The molecule has 0 aliphatic carbocycles. The molecule has 1 aromatic heterocycles. The fourth-order valence-electron chi connectivity index (χ4n) is 3.02. The van der Waals surface area contributed by atoms with Crippen molar-refractivity contribution in [3.63, 3.8) is 0 Å². The van der Waals surface area contributed by atoms with Crippen molar-refractivity contribution in [2.24, 2.45) is 4.99 Å². The van der Waals surface area contributed by atoms with Crippen LogP contribution in [0.5, 0.6) is 0 Å². The summed E-state index contributed by atoms with van der Waals surface area (Å²) in [6.07, 6.45) is -0.0886. The number of aliphatic hydroxyl groups is 1. The Labute approximate surface area is 161 Å². The molecule has 1 heterocycles. The number of hydrogen-bond donors (Lipinski definition) is 3. The van der Waals surface area contributed by atoms with Crippen LogP contribution in [-0.2, 0) is 10.3 Å². The quantitative estimate of drug-likeness (QED) is 0.490. The van der Waals surface area contributed by atoms with Gasteiger partial charge in [-0.1, -0.05) is 30.3 Å². The summed E-state index contributed by atoms with van der Waals surface area (Å²) in [5.41, 5.74) is 0.753. The number of aryl methyl sites for hydroxylation is 2. The molecule has 0 saturated carbocycles. The van der Waals surface area contributed by atoms with E-state index < -0.39 is 5.60 Å². The van der Waals surface area contributed by atoms with Gasteiger partial charge in [-0.2, -0.15) is 0 Å². The molecule has 2 atom stereocenters. The Balaban J connectivity index is 2.06. The van der Waals surface area contributed by atoms with Crippen molar-refractivity contribution in [2.75, 3.05) is 26.7 Å². The lowest BCUT2D eigenvalue weighted by Crippen LogP contribution is -2.41. The molecule has 3 N–H and O–H groups in total. The first-order chi connectivity index (χ1) is 12.9. The third kappa shape index (κ3) is 5.84. The molecule has 148 valence electrons. The normalized spacial score (nSPS) is 15.3. The van der Waals surface area contributed by atoms with Gasteiger partial charge in [-0.05, 0) is 39.3 Å².